The first-order valence-electron chi connectivity index (χ1n) is 10.0. The van der Waals surface area contributed by atoms with Gasteiger partial charge in [0.1, 0.15) is 17.6 Å². The summed E-state index contributed by atoms with van der Waals surface area (Å²) >= 11 is 0. The lowest BCUT2D eigenvalue weighted by molar-refractivity contribution is -0.139. The number of para-hydroxylation sites is 1. The molecule has 0 spiro atoms. The molecular formula is C23H29N5O3. The van der Waals surface area contributed by atoms with Crippen LogP contribution in [0, 0.1) is 6.92 Å². The molecular weight excluding hydrogens is 394 g/mol. The molecule has 8 heteroatoms. The Morgan fingerprint density at radius 2 is 2.00 bits per heavy atom. The number of benzene rings is 1. The first kappa shape index (κ1) is 22.0. The number of aromatic amines is 1. The van der Waals surface area contributed by atoms with Crippen molar-refractivity contribution in [3.05, 3.63) is 59.3 Å². The highest BCUT2D eigenvalue weighted by molar-refractivity contribution is 5.93. The average molecular weight is 424 g/mol. The molecule has 2 unspecified atom stereocenters. The number of amides is 2. The number of nitrogens with one attached hydrogen (secondary N) is 1. The van der Waals surface area contributed by atoms with Gasteiger partial charge in [0.05, 0.1) is 0 Å². The molecule has 1 aromatic heterocycles. The number of rotatable bonds is 5. The first-order chi connectivity index (χ1) is 14.6. The molecule has 3 rings (SSSR count). The van der Waals surface area contributed by atoms with Gasteiger partial charge in [-0.2, -0.15) is 0 Å². The smallest absolute Gasteiger partial charge is 0.246 e. The van der Waals surface area contributed by atoms with Gasteiger partial charge in [-0.25, -0.2) is 0 Å². The van der Waals surface area contributed by atoms with Gasteiger partial charge in [0, 0.05) is 49.1 Å². The number of carbonyl (C=O) groups is 2. The van der Waals surface area contributed by atoms with Crippen LogP contribution < -0.4 is 11.5 Å². The molecule has 2 amide bonds. The van der Waals surface area contributed by atoms with E-state index in [0.29, 0.717) is 30.0 Å². The Kier molecular flexibility index (Phi) is 6.10. The van der Waals surface area contributed by atoms with Crippen molar-refractivity contribution in [2.24, 2.45) is 5.73 Å². The minimum absolute atomic E-state index is 0.0858. The quantitative estimate of drug-likeness (QED) is 0.547. The standard InChI is InChI=1S/C23H29N5O3/c1-5-20(30)28-12-14(10-18(28)23(31)27(3)4)21-13(2)16(22(25)26-21)11-17(24)15-8-6-7-9-19(15)29/h5-9,11,14,18,26,29H,1,10,12,24-25H2,2-4H3/b17-11-. The Balaban J connectivity index is 1.95. The summed E-state index contributed by atoms with van der Waals surface area (Å²) in [6.07, 6.45) is 3.44. The molecule has 1 aliphatic rings. The highest BCUT2D eigenvalue weighted by atomic mass is 16.3. The Morgan fingerprint density at radius 3 is 2.61 bits per heavy atom. The van der Waals surface area contributed by atoms with Crippen molar-refractivity contribution < 1.29 is 14.7 Å². The van der Waals surface area contributed by atoms with Gasteiger partial charge in [0.25, 0.3) is 0 Å². The van der Waals surface area contributed by atoms with Crippen LogP contribution in [0.15, 0.2) is 36.9 Å². The summed E-state index contributed by atoms with van der Waals surface area (Å²) in [6.45, 7) is 5.87. The van der Waals surface area contributed by atoms with E-state index in [0.717, 1.165) is 16.8 Å². The highest BCUT2D eigenvalue weighted by Crippen LogP contribution is 2.37. The van der Waals surface area contributed by atoms with Gasteiger partial charge >= 0.3 is 0 Å². The highest BCUT2D eigenvalue weighted by Gasteiger charge is 2.41. The van der Waals surface area contributed by atoms with E-state index < -0.39 is 6.04 Å². The monoisotopic (exact) mass is 423 g/mol. The molecule has 2 atom stereocenters. The molecule has 31 heavy (non-hydrogen) atoms. The summed E-state index contributed by atoms with van der Waals surface area (Å²) < 4.78 is 0. The van der Waals surface area contributed by atoms with Crippen LogP contribution in [0.2, 0.25) is 0 Å². The second-order valence-electron chi connectivity index (χ2n) is 7.98. The summed E-state index contributed by atoms with van der Waals surface area (Å²) in [6, 6.07) is 6.26. The SMILES string of the molecule is C=CC(=O)N1CC(c2[nH]c(N)c(/C=C(\N)c3ccccc3O)c2C)CC1C(=O)N(C)C. The number of nitrogen functional groups attached to an aromatic ring is 1. The molecule has 0 bridgehead atoms. The molecule has 0 aliphatic carbocycles. The average Bonchev–Trinajstić information content (AvgIpc) is 3.29. The van der Waals surface area contributed by atoms with Crippen molar-refractivity contribution in [2.75, 3.05) is 26.4 Å². The fourth-order valence-electron chi connectivity index (χ4n) is 4.14. The lowest BCUT2D eigenvalue weighted by Crippen LogP contribution is -2.44. The van der Waals surface area contributed by atoms with Crippen molar-refractivity contribution >= 4 is 29.4 Å². The summed E-state index contributed by atoms with van der Waals surface area (Å²) in [4.78, 5) is 31.3. The molecule has 0 radical (unpaired) electrons. The van der Waals surface area contributed by atoms with Crippen LogP contribution in [0.3, 0.4) is 0 Å². The van der Waals surface area contributed by atoms with Crippen molar-refractivity contribution in [3.8, 4) is 5.75 Å². The Bertz CT molecular complexity index is 1050. The van der Waals surface area contributed by atoms with E-state index in [2.05, 4.69) is 11.6 Å². The van der Waals surface area contributed by atoms with Crippen molar-refractivity contribution in [1.82, 2.24) is 14.8 Å². The van der Waals surface area contributed by atoms with Crippen molar-refractivity contribution in [3.63, 3.8) is 0 Å². The number of phenols is 1. The number of hydrogen-bond donors (Lipinski definition) is 4. The molecule has 1 aromatic carbocycles. The van der Waals surface area contributed by atoms with Crippen LogP contribution in [0.1, 0.15) is 34.7 Å². The number of nitrogens with two attached hydrogens (primary N) is 2. The van der Waals surface area contributed by atoms with E-state index in [9.17, 15) is 14.7 Å². The molecule has 0 saturated carbocycles. The Hall–Kier alpha value is -3.68. The van der Waals surface area contributed by atoms with Gasteiger partial charge in [0.2, 0.25) is 11.8 Å². The van der Waals surface area contributed by atoms with E-state index in [1.54, 1.807) is 49.3 Å². The summed E-state index contributed by atoms with van der Waals surface area (Å²) in [5.41, 5.74) is 15.9. The van der Waals surface area contributed by atoms with Gasteiger partial charge in [-0.3, -0.25) is 9.59 Å². The van der Waals surface area contributed by atoms with E-state index in [-0.39, 0.29) is 23.5 Å². The number of aromatic hydroxyl groups is 1. The van der Waals surface area contributed by atoms with E-state index >= 15 is 0 Å². The van der Waals surface area contributed by atoms with E-state index in [1.165, 1.54) is 11.0 Å². The number of carbonyl (C=O) groups excluding carboxylic acids is 2. The second kappa shape index (κ2) is 8.59. The predicted octanol–water partition coefficient (Wildman–Crippen LogP) is 2.03. The molecule has 1 fully saturated rings. The number of phenolic OH excluding ortho intramolecular Hbond substituents is 1. The van der Waals surface area contributed by atoms with Crippen LogP contribution in [-0.4, -0.2) is 58.4 Å². The Labute approximate surface area is 181 Å². The van der Waals surface area contributed by atoms with Crippen LogP contribution >= 0.6 is 0 Å². The number of hydrogen-bond acceptors (Lipinski definition) is 5. The maximum atomic E-state index is 12.7. The number of aromatic nitrogens is 1. The Morgan fingerprint density at radius 1 is 1.32 bits per heavy atom. The zero-order valence-corrected chi connectivity index (χ0v) is 18.1. The molecule has 164 valence electrons. The molecule has 1 aliphatic heterocycles. The van der Waals surface area contributed by atoms with Gasteiger partial charge in [0.15, 0.2) is 0 Å². The zero-order valence-electron chi connectivity index (χ0n) is 18.1. The van der Waals surface area contributed by atoms with Crippen molar-refractivity contribution in [1.29, 1.82) is 0 Å². The maximum Gasteiger partial charge on any atom is 0.246 e. The van der Waals surface area contributed by atoms with E-state index in [1.807, 2.05) is 6.92 Å². The van der Waals surface area contributed by atoms with Crippen LogP contribution in [0.4, 0.5) is 5.82 Å². The minimum atomic E-state index is -0.556. The number of H-pyrrole nitrogens is 1. The molecule has 8 nitrogen and oxygen atoms in total. The van der Waals surface area contributed by atoms with Crippen LogP contribution in [0.5, 0.6) is 5.75 Å². The summed E-state index contributed by atoms with van der Waals surface area (Å²) in [5.74, 6) is 0.0358. The number of likely N-dealkylation sites (N-methyl/N-ethyl adjacent to an activating group) is 1. The zero-order chi connectivity index (χ0) is 22.9. The summed E-state index contributed by atoms with van der Waals surface area (Å²) in [7, 11) is 3.35. The van der Waals surface area contributed by atoms with Gasteiger partial charge < -0.3 is 31.4 Å². The fraction of sp³-hybridized carbons (Fsp3) is 0.304. The minimum Gasteiger partial charge on any atom is -0.507 e. The number of likely N-dealkylation sites (tertiary alicyclic amines) is 1. The van der Waals surface area contributed by atoms with Gasteiger partial charge in [-0.05, 0) is 43.2 Å². The lowest BCUT2D eigenvalue weighted by atomic mass is 9.96. The normalized spacial score (nSPS) is 18.8. The second-order valence-corrected chi connectivity index (χ2v) is 7.98. The number of anilines is 1. The first-order valence-corrected chi connectivity index (χ1v) is 10.0. The molecule has 6 N–H and O–H groups in total. The fourth-order valence-corrected chi connectivity index (χ4v) is 4.14. The third-order valence-electron chi connectivity index (χ3n) is 5.78. The van der Waals surface area contributed by atoms with Gasteiger partial charge in [-0.1, -0.05) is 18.7 Å². The van der Waals surface area contributed by atoms with Crippen molar-refractivity contribution in [2.45, 2.75) is 25.3 Å². The maximum absolute atomic E-state index is 12.7. The number of nitrogens with zero attached hydrogens (tertiary/aromatic N) is 2. The van der Waals surface area contributed by atoms with E-state index in [4.69, 9.17) is 11.5 Å². The third-order valence-corrected chi connectivity index (χ3v) is 5.78. The topological polar surface area (TPSA) is 129 Å². The third kappa shape index (κ3) is 4.14. The summed E-state index contributed by atoms with van der Waals surface area (Å²) in [5, 5.41) is 10.1. The molecule has 2 aromatic rings. The predicted molar refractivity (Wildman–Crippen MR) is 122 cm³/mol. The van der Waals surface area contributed by atoms with Gasteiger partial charge in [-0.15, -0.1) is 0 Å². The largest absolute Gasteiger partial charge is 0.507 e. The van der Waals surface area contributed by atoms with Crippen LogP contribution in [0.25, 0.3) is 11.8 Å². The lowest BCUT2D eigenvalue weighted by Gasteiger charge is -2.24. The molecule has 2 heterocycles. The molecule has 1 saturated heterocycles. The van der Waals surface area contributed by atoms with Crippen LogP contribution in [-0.2, 0) is 9.59 Å².